The minimum absolute atomic E-state index is 0.166. The molecule has 5 heteroatoms. The molecule has 1 saturated carbocycles. The van der Waals surface area contributed by atoms with Crippen LogP contribution >= 0.6 is 0 Å². The van der Waals surface area contributed by atoms with Crippen LogP contribution in [0.3, 0.4) is 0 Å². The molecular formula is C12H19N3O2. The Labute approximate surface area is 101 Å². The molecule has 0 aromatic carbocycles. The monoisotopic (exact) mass is 237 g/mol. The topological polar surface area (TPSA) is 59.2 Å². The van der Waals surface area contributed by atoms with Crippen LogP contribution < -0.4 is 4.90 Å². The van der Waals surface area contributed by atoms with Crippen LogP contribution in [0.25, 0.3) is 0 Å². The van der Waals surface area contributed by atoms with E-state index in [2.05, 4.69) is 10.1 Å². The Balaban J connectivity index is 2.14. The van der Waals surface area contributed by atoms with Crippen LogP contribution in [0.15, 0.2) is 4.52 Å². The van der Waals surface area contributed by atoms with Crippen molar-refractivity contribution in [1.82, 2.24) is 10.1 Å². The van der Waals surface area contributed by atoms with Gasteiger partial charge in [0.05, 0.1) is 5.92 Å². The van der Waals surface area contributed by atoms with Gasteiger partial charge in [0.15, 0.2) is 0 Å². The van der Waals surface area contributed by atoms with Crippen molar-refractivity contribution in [3.05, 3.63) is 5.89 Å². The van der Waals surface area contributed by atoms with Gasteiger partial charge in [-0.1, -0.05) is 6.42 Å². The number of ketones is 1. The molecule has 0 saturated heterocycles. The summed E-state index contributed by atoms with van der Waals surface area (Å²) in [6.45, 7) is 5.78. The molecule has 1 aromatic heterocycles. The number of aromatic nitrogens is 2. The predicted octanol–water partition coefficient (Wildman–Crippen LogP) is 2.14. The summed E-state index contributed by atoms with van der Waals surface area (Å²) in [5, 5.41) is 3.96. The number of hydrogen-bond donors (Lipinski definition) is 0. The minimum atomic E-state index is -0.166. The number of nitrogens with zero attached hydrogens (tertiary/aromatic N) is 3. The average Bonchev–Trinajstić information content (AvgIpc) is 2.81. The first-order valence-corrected chi connectivity index (χ1v) is 6.37. The van der Waals surface area contributed by atoms with E-state index in [1.54, 1.807) is 0 Å². The van der Waals surface area contributed by atoms with E-state index < -0.39 is 0 Å². The van der Waals surface area contributed by atoms with Crippen LogP contribution in [-0.4, -0.2) is 29.0 Å². The second-order valence-corrected chi connectivity index (χ2v) is 4.37. The van der Waals surface area contributed by atoms with Crippen LogP contribution in [0.2, 0.25) is 0 Å². The van der Waals surface area contributed by atoms with Crippen molar-refractivity contribution in [2.75, 3.05) is 18.0 Å². The average molecular weight is 237 g/mol. The highest BCUT2D eigenvalue weighted by Crippen LogP contribution is 2.29. The van der Waals surface area contributed by atoms with Crippen LogP contribution in [-0.2, 0) is 4.79 Å². The van der Waals surface area contributed by atoms with Gasteiger partial charge in [-0.05, 0) is 31.8 Å². The van der Waals surface area contributed by atoms with Crippen molar-refractivity contribution >= 4 is 11.7 Å². The lowest BCUT2D eigenvalue weighted by molar-refractivity contribution is -0.122. The molecule has 1 aliphatic rings. The summed E-state index contributed by atoms with van der Waals surface area (Å²) in [4.78, 5) is 18.1. The van der Waals surface area contributed by atoms with Crippen molar-refractivity contribution in [1.29, 1.82) is 0 Å². The zero-order valence-corrected chi connectivity index (χ0v) is 10.5. The third-order valence-corrected chi connectivity index (χ3v) is 3.33. The molecule has 1 aliphatic carbocycles. The second-order valence-electron chi connectivity index (χ2n) is 4.37. The quantitative estimate of drug-likeness (QED) is 0.803. The highest BCUT2D eigenvalue weighted by molar-refractivity contribution is 5.85. The first-order valence-electron chi connectivity index (χ1n) is 6.37. The maximum atomic E-state index is 11.8. The Morgan fingerprint density at radius 2 is 2.12 bits per heavy atom. The van der Waals surface area contributed by atoms with Gasteiger partial charge in [0.2, 0.25) is 5.89 Å². The van der Waals surface area contributed by atoms with Gasteiger partial charge in [0, 0.05) is 19.5 Å². The second kappa shape index (κ2) is 5.29. The Kier molecular flexibility index (Phi) is 3.76. The van der Waals surface area contributed by atoms with Crippen molar-refractivity contribution in [2.45, 2.75) is 45.4 Å². The fourth-order valence-corrected chi connectivity index (χ4v) is 2.25. The van der Waals surface area contributed by atoms with E-state index in [1.165, 1.54) is 0 Å². The molecular weight excluding hydrogens is 218 g/mol. The Bertz CT molecular complexity index is 385. The van der Waals surface area contributed by atoms with Crippen molar-refractivity contribution < 1.29 is 9.32 Å². The summed E-state index contributed by atoms with van der Waals surface area (Å²) in [7, 11) is 0. The summed E-state index contributed by atoms with van der Waals surface area (Å²) < 4.78 is 5.24. The van der Waals surface area contributed by atoms with E-state index in [0.29, 0.717) is 18.3 Å². The summed E-state index contributed by atoms with van der Waals surface area (Å²) in [6, 6.07) is 0. The first-order chi connectivity index (χ1) is 8.26. The Hall–Kier alpha value is -1.39. The lowest BCUT2D eigenvalue weighted by atomic mass is 9.88. The van der Waals surface area contributed by atoms with E-state index in [1.807, 2.05) is 18.7 Å². The van der Waals surface area contributed by atoms with E-state index in [-0.39, 0.29) is 11.7 Å². The number of hydrogen-bond acceptors (Lipinski definition) is 5. The molecule has 0 radical (unpaired) electrons. The third kappa shape index (κ3) is 2.48. The molecule has 17 heavy (non-hydrogen) atoms. The fourth-order valence-electron chi connectivity index (χ4n) is 2.25. The Morgan fingerprint density at radius 3 is 2.76 bits per heavy atom. The predicted molar refractivity (Wildman–Crippen MR) is 64.1 cm³/mol. The molecule has 0 bridgehead atoms. The maximum Gasteiger partial charge on any atom is 0.266 e. The highest BCUT2D eigenvalue weighted by Gasteiger charge is 2.29. The van der Waals surface area contributed by atoms with E-state index in [9.17, 15) is 4.79 Å². The van der Waals surface area contributed by atoms with E-state index in [0.717, 1.165) is 32.4 Å². The van der Waals surface area contributed by atoms with Gasteiger partial charge in [-0.15, -0.1) is 0 Å². The molecule has 94 valence electrons. The molecule has 1 heterocycles. The molecule has 5 nitrogen and oxygen atoms in total. The van der Waals surface area contributed by atoms with Crippen molar-refractivity contribution in [3.8, 4) is 0 Å². The summed E-state index contributed by atoms with van der Waals surface area (Å²) in [5.74, 6) is 1.17. The van der Waals surface area contributed by atoms with Crippen LogP contribution in [0, 0.1) is 0 Å². The molecule has 0 N–H and O–H groups in total. The smallest absolute Gasteiger partial charge is 0.266 e. The van der Waals surface area contributed by atoms with Gasteiger partial charge < -0.3 is 9.42 Å². The van der Waals surface area contributed by atoms with Crippen LogP contribution in [0.1, 0.15) is 51.3 Å². The maximum absolute atomic E-state index is 11.8. The molecule has 0 spiro atoms. The largest absolute Gasteiger partial charge is 0.339 e. The van der Waals surface area contributed by atoms with Crippen molar-refractivity contribution in [2.24, 2.45) is 0 Å². The van der Waals surface area contributed by atoms with Gasteiger partial charge in [-0.25, -0.2) is 0 Å². The number of carbonyl (C=O) groups excluding carboxylic acids is 1. The van der Waals surface area contributed by atoms with Gasteiger partial charge in [0.25, 0.3) is 5.95 Å². The SMILES string of the molecule is CCN(CC)c1noc(C2CCCCC2=O)n1. The summed E-state index contributed by atoms with van der Waals surface area (Å²) in [5.41, 5.74) is 0. The Morgan fingerprint density at radius 1 is 1.35 bits per heavy atom. The molecule has 1 aromatic rings. The first kappa shape index (κ1) is 12.1. The van der Waals surface area contributed by atoms with Crippen LogP contribution in [0.4, 0.5) is 5.95 Å². The molecule has 0 amide bonds. The van der Waals surface area contributed by atoms with Gasteiger partial charge in [-0.3, -0.25) is 4.79 Å². The zero-order chi connectivity index (χ0) is 12.3. The molecule has 1 unspecified atom stereocenters. The number of anilines is 1. The third-order valence-electron chi connectivity index (χ3n) is 3.33. The van der Waals surface area contributed by atoms with Gasteiger partial charge in [-0.2, -0.15) is 4.98 Å². The molecule has 1 fully saturated rings. The number of rotatable bonds is 4. The van der Waals surface area contributed by atoms with E-state index in [4.69, 9.17) is 4.52 Å². The molecule has 0 aliphatic heterocycles. The van der Waals surface area contributed by atoms with E-state index >= 15 is 0 Å². The highest BCUT2D eigenvalue weighted by atomic mass is 16.5. The van der Waals surface area contributed by atoms with Gasteiger partial charge in [0.1, 0.15) is 5.78 Å². The zero-order valence-electron chi connectivity index (χ0n) is 10.5. The number of carbonyl (C=O) groups is 1. The lowest BCUT2D eigenvalue weighted by Crippen LogP contribution is -2.23. The number of Topliss-reactive ketones (excluding diaryl/α,β-unsaturated/α-hetero) is 1. The molecule has 1 atom stereocenters. The fraction of sp³-hybridized carbons (Fsp3) is 0.750. The standard InChI is InChI=1S/C12H19N3O2/c1-3-15(4-2)12-13-11(17-14-12)9-7-5-6-8-10(9)16/h9H,3-8H2,1-2H3. The van der Waals surface area contributed by atoms with Gasteiger partial charge >= 0.3 is 0 Å². The minimum Gasteiger partial charge on any atom is -0.339 e. The lowest BCUT2D eigenvalue weighted by Gasteiger charge is -2.17. The molecule has 2 rings (SSSR count). The van der Waals surface area contributed by atoms with Crippen molar-refractivity contribution in [3.63, 3.8) is 0 Å². The summed E-state index contributed by atoms with van der Waals surface area (Å²) >= 11 is 0. The van der Waals surface area contributed by atoms with Crippen LogP contribution in [0.5, 0.6) is 0 Å². The summed E-state index contributed by atoms with van der Waals surface area (Å²) in [6.07, 6.45) is 3.55. The normalized spacial score (nSPS) is 20.6.